The smallest absolute Gasteiger partial charge is 0.0946 e. The first-order valence-electron chi connectivity index (χ1n) is 8.01. The fourth-order valence-corrected chi connectivity index (χ4v) is 4.19. The van der Waals surface area contributed by atoms with Crippen molar-refractivity contribution in [3.8, 4) is 0 Å². The van der Waals surface area contributed by atoms with Gasteiger partial charge in [0.25, 0.3) is 0 Å². The van der Waals surface area contributed by atoms with Crippen LogP contribution >= 0.6 is 0 Å². The summed E-state index contributed by atoms with van der Waals surface area (Å²) in [6.07, 6.45) is 12.8. The fraction of sp³-hybridized carbons (Fsp3) is 0.812. The summed E-state index contributed by atoms with van der Waals surface area (Å²) in [4.78, 5) is 4.28. The number of hydrogen-bond donors (Lipinski definition) is 1. The Morgan fingerprint density at radius 1 is 1.40 bits per heavy atom. The van der Waals surface area contributed by atoms with Crippen LogP contribution in [0.15, 0.2) is 12.5 Å². The lowest BCUT2D eigenvalue weighted by molar-refractivity contribution is -0.122. The molecule has 2 heterocycles. The van der Waals surface area contributed by atoms with Crippen LogP contribution in [0.4, 0.5) is 0 Å². The number of rotatable bonds is 3. The Labute approximate surface area is 121 Å². The van der Waals surface area contributed by atoms with E-state index in [0.717, 1.165) is 13.0 Å². The van der Waals surface area contributed by atoms with Crippen molar-refractivity contribution in [1.82, 2.24) is 14.9 Å². The zero-order valence-electron chi connectivity index (χ0n) is 12.8. The number of ether oxygens (including phenoxy) is 1. The second-order valence-corrected chi connectivity index (χ2v) is 6.54. The van der Waals surface area contributed by atoms with Gasteiger partial charge >= 0.3 is 0 Å². The second-order valence-electron chi connectivity index (χ2n) is 6.54. The molecule has 112 valence electrons. The van der Waals surface area contributed by atoms with E-state index in [2.05, 4.69) is 29.0 Å². The Morgan fingerprint density at radius 2 is 2.20 bits per heavy atom. The number of nitrogens with zero attached hydrogens (tertiary/aromatic N) is 2. The molecule has 0 aromatic carbocycles. The molecule has 1 spiro atoms. The number of hydrogen-bond acceptors (Lipinski definition) is 3. The predicted molar refractivity (Wildman–Crippen MR) is 79.5 cm³/mol. The van der Waals surface area contributed by atoms with Crippen molar-refractivity contribution in [2.75, 3.05) is 13.7 Å². The van der Waals surface area contributed by atoms with Crippen molar-refractivity contribution in [3.05, 3.63) is 18.2 Å². The molecule has 1 saturated carbocycles. The van der Waals surface area contributed by atoms with Crippen LogP contribution in [0.5, 0.6) is 0 Å². The Balaban J connectivity index is 1.76. The van der Waals surface area contributed by atoms with Gasteiger partial charge in [0.2, 0.25) is 0 Å². The summed E-state index contributed by atoms with van der Waals surface area (Å²) in [6, 6.07) is 0.394. The highest BCUT2D eigenvalue weighted by Crippen LogP contribution is 2.44. The van der Waals surface area contributed by atoms with Gasteiger partial charge in [-0.3, -0.25) is 0 Å². The second kappa shape index (κ2) is 5.86. The molecule has 1 aliphatic carbocycles. The molecular weight excluding hydrogens is 250 g/mol. The zero-order valence-corrected chi connectivity index (χ0v) is 12.8. The van der Waals surface area contributed by atoms with Gasteiger partial charge in [0.05, 0.1) is 23.7 Å². The van der Waals surface area contributed by atoms with Crippen molar-refractivity contribution in [2.45, 2.75) is 56.6 Å². The van der Waals surface area contributed by atoms with Crippen LogP contribution in [0.2, 0.25) is 0 Å². The fourth-order valence-electron chi connectivity index (χ4n) is 4.19. The topological polar surface area (TPSA) is 39.1 Å². The van der Waals surface area contributed by atoms with Crippen molar-refractivity contribution >= 4 is 0 Å². The highest BCUT2D eigenvalue weighted by atomic mass is 16.5. The minimum absolute atomic E-state index is 0.175. The summed E-state index contributed by atoms with van der Waals surface area (Å²) in [6.45, 7) is 0.917. The molecule has 0 radical (unpaired) electrons. The van der Waals surface area contributed by atoms with Crippen molar-refractivity contribution < 1.29 is 4.74 Å². The van der Waals surface area contributed by atoms with Gasteiger partial charge in [0.15, 0.2) is 0 Å². The molecule has 20 heavy (non-hydrogen) atoms. The summed E-state index contributed by atoms with van der Waals surface area (Å²) >= 11 is 0. The molecule has 2 aliphatic rings. The molecule has 2 atom stereocenters. The van der Waals surface area contributed by atoms with E-state index >= 15 is 0 Å². The summed E-state index contributed by atoms with van der Waals surface area (Å²) in [5, 5.41) is 3.52. The number of nitrogens with one attached hydrogen (secondary N) is 1. The van der Waals surface area contributed by atoms with E-state index in [-0.39, 0.29) is 5.60 Å². The third kappa shape index (κ3) is 2.63. The minimum Gasteiger partial charge on any atom is -0.375 e. The van der Waals surface area contributed by atoms with Crippen molar-refractivity contribution in [2.24, 2.45) is 13.0 Å². The Hall–Kier alpha value is -0.870. The highest BCUT2D eigenvalue weighted by molar-refractivity contribution is 5.08. The maximum atomic E-state index is 6.23. The quantitative estimate of drug-likeness (QED) is 0.923. The van der Waals surface area contributed by atoms with Crippen molar-refractivity contribution in [3.63, 3.8) is 0 Å². The van der Waals surface area contributed by atoms with Crippen LogP contribution in [-0.2, 0) is 11.8 Å². The van der Waals surface area contributed by atoms with Gasteiger partial charge in [-0.1, -0.05) is 19.3 Å². The third-order valence-electron chi connectivity index (χ3n) is 5.25. The van der Waals surface area contributed by atoms with E-state index in [4.69, 9.17) is 4.74 Å². The summed E-state index contributed by atoms with van der Waals surface area (Å²) < 4.78 is 8.37. The van der Waals surface area contributed by atoms with E-state index in [0.29, 0.717) is 12.0 Å². The maximum Gasteiger partial charge on any atom is 0.0946 e. The lowest BCUT2D eigenvalue weighted by atomic mass is 9.73. The molecule has 4 heteroatoms. The summed E-state index contributed by atoms with van der Waals surface area (Å²) in [7, 11) is 4.16. The first-order valence-corrected chi connectivity index (χ1v) is 8.01. The van der Waals surface area contributed by atoms with Gasteiger partial charge in [-0.05, 0) is 38.6 Å². The SMILES string of the molecule is CNC(c1cncn1C)C1CCOC2(CCCCC2)C1. The average molecular weight is 277 g/mol. The maximum absolute atomic E-state index is 6.23. The van der Waals surface area contributed by atoms with Crippen molar-refractivity contribution in [1.29, 1.82) is 0 Å². The van der Waals surface area contributed by atoms with Crippen LogP contribution in [-0.4, -0.2) is 28.8 Å². The van der Waals surface area contributed by atoms with Crippen LogP contribution < -0.4 is 5.32 Å². The normalized spacial score (nSPS) is 27.6. The van der Waals surface area contributed by atoms with Crippen LogP contribution in [0.1, 0.15) is 56.7 Å². The average Bonchev–Trinajstić information content (AvgIpc) is 2.87. The molecule has 1 aromatic rings. The minimum atomic E-state index is 0.175. The van der Waals surface area contributed by atoms with Gasteiger partial charge in [-0.25, -0.2) is 4.98 Å². The lowest BCUT2D eigenvalue weighted by Crippen LogP contribution is -2.44. The Morgan fingerprint density at radius 3 is 2.85 bits per heavy atom. The molecule has 4 nitrogen and oxygen atoms in total. The molecule has 1 saturated heterocycles. The zero-order chi connectivity index (χ0) is 14.0. The summed E-state index contributed by atoms with van der Waals surface area (Å²) in [5.74, 6) is 0.655. The molecule has 3 rings (SSSR count). The largest absolute Gasteiger partial charge is 0.375 e. The van der Waals surface area contributed by atoms with E-state index in [1.54, 1.807) is 0 Å². The summed E-state index contributed by atoms with van der Waals surface area (Å²) in [5.41, 5.74) is 1.47. The first kappa shape index (κ1) is 14.1. The molecule has 2 fully saturated rings. The monoisotopic (exact) mass is 277 g/mol. The molecular formula is C16H27N3O. The van der Waals surface area contributed by atoms with Crippen LogP contribution in [0, 0.1) is 5.92 Å². The third-order valence-corrected chi connectivity index (χ3v) is 5.25. The van der Waals surface area contributed by atoms with E-state index < -0.39 is 0 Å². The highest BCUT2D eigenvalue weighted by Gasteiger charge is 2.41. The predicted octanol–water partition coefficient (Wildman–Crippen LogP) is 2.81. The first-order chi connectivity index (χ1) is 9.74. The standard InChI is InChI=1S/C16H27N3O/c1-17-15(14-11-18-12-19(14)2)13-6-9-20-16(10-13)7-4-3-5-8-16/h11-13,15,17H,3-10H2,1-2H3. The van der Waals surface area contributed by atoms with E-state index in [1.165, 1.54) is 44.2 Å². The Bertz CT molecular complexity index is 431. The molecule has 0 amide bonds. The number of aryl methyl sites for hydroxylation is 1. The van der Waals surface area contributed by atoms with Gasteiger partial charge < -0.3 is 14.6 Å². The molecule has 1 aliphatic heterocycles. The molecule has 0 bridgehead atoms. The van der Waals surface area contributed by atoms with Gasteiger partial charge in [-0.15, -0.1) is 0 Å². The number of imidazole rings is 1. The van der Waals surface area contributed by atoms with Gasteiger partial charge in [0, 0.05) is 19.9 Å². The van der Waals surface area contributed by atoms with Crippen LogP contribution in [0.25, 0.3) is 0 Å². The van der Waals surface area contributed by atoms with E-state index in [1.807, 2.05) is 12.5 Å². The molecule has 1 aromatic heterocycles. The van der Waals surface area contributed by atoms with Gasteiger partial charge in [0.1, 0.15) is 0 Å². The van der Waals surface area contributed by atoms with E-state index in [9.17, 15) is 0 Å². The molecule has 2 unspecified atom stereocenters. The lowest BCUT2D eigenvalue weighted by Gasteiger charge is -2.45. The van der Waals surface area contributed by atoms with Gasteiger partial charge in [-0.2, -0.15) is 0 Å². The Kier molecular flexibility index (Phi) is 4.13. The molecule has 1 N–H and O–H groups in total. The van der Waals surface area contributed by atoms with Crippen LogP contribution in [0.3, 0.4) is 0 Å². The number of aromatic nitrogens is 2.